The Balaban J connectivity index is 1.80. The molecule has 6 nitrogen and oxygen atoms in total. The number of rotatable bonds is 4. The van der Waals surface area contributed by atoms with E-state index in [4.69, 9.17) is 5.26 Å². The maximum atomic E-state index is 8.95. The van der Waals surface area contributed by atoms with Gasteiger partial charge in [0.15, 0.2) is 5.82 Å². The summed E-state index contributed by atoms with van der Waals surface area (Å²) in [6, 6.07) is 15.2. The van der Waals surface area contributed by atoms with Crippen molar-refractivity contribution in [2.45, 2.75) is 6.92 Å². The Bertz CT molecular complexity index is 919. The Kier molecular flexibility index (Phi) is 4.68. The summed E-state index contributed by atoms with van der Waals surface area (Å²) in [7, 11) is 0. The summed E-state index contributed by atoms with van der Waals surface area (Å²) in [5, 5.41) is 23.1. The molecule has 24 heavy (non-hydrogen) atoms. The molecule has 0 saturated heterocycles. The van der Waals surface area contributed by atoms with Crippen LogP contribution in [-0.4, -0.2) is 15.2 Å². The molecule has 0 aliphatic heterocycles. The fourth-order valence-corrected chi connectivity index (χ4v) is 2.67. The highest BCUT2D eigenvalue weighted by molar-refractivity contribution is 9.10. The van der Waals surface area contributed by atoms with E-state index in [1.54, 1.807) is 18.2 Å². The van der Waals surface area contributed by atoms with Gasteiger partial charge in [0.25, 0.3) is 0 Å². The molecule has 0 aliphatic carbocycles. The van der Waals surface area contributed by atoms with Crippen LogP contribution in [0.15, 0.2) is 53.1 Å². The molecule has 3 aromatic rings. The fraction of sp³-hybridized carbons (Fsp3) is 0.0588. The van der Waals surface area contributed by atoms with Crippen LogP contribution in [0, 0.1) is 18.3 Å². The van der Waals surface area contributed by atoms with Crippen LogP contribution in [0.1, 0.15) is 11.1 Å². The third-order valence-corrected chi connectivity index (χ3v) is 3.85. The van der Waals surface area contributed by atoms with Crippen molar-refractivity contribution in [2.24, 2.45) is 0 Å². The third kappa shape index (κ3) is 3.86. The Labute approximate surface area is 147 Å². The second kappa shape index (κ2) is 7.06. The molecule has 2 aromatic carbocycles. The highest BCUT2D eigenvalue weighted by Crippen LogP contribution is 2.25. The van der Waals surface area contributed by atoms with Gasteiger partial charge in [-0.1, -0.05) is 12.1 Å². The zero-order valence-corrected chi connectivity index (χ0v) is 14.4. The first kappa shape index (κ1) is 15.9. The Morgan fingerprint density at radius 2 is 2.00 bits per heavy atom. The first-order chi connectivity index (χ1) is 11.6. The van der Waals surface area contributed by atoms with Gasteiger partial charge in [0.1, 0.15) is 0 Å². The summed E-state index contributed by atoms with van der Waals surface area (Å²) in [4.78, 5) is 4.38. The van der Waals surface area contributed by atoms with E-state index in [2.05, 4.69) is 47.8 Å². The van der Waals surface area contributed by atoms with Gasteiger partial charge in [-0.25, -0.2) is 0 Å². The molecule has 0 saturated carbocycles. The molecular weight excluding hydrogens is 368 g/mol. The van der Waals surface area contributed by atoms with Gasteiger partial charge in [0.2, 0.25) is 5.95 Å². The van der Waals surface area contributed by atoms with E-state index in [9.17, 15) is 0 Å². The van der Waals surface area contributed by atoms with Gasteiger partial charge >= 0.3 is 0 Å². The molecule has 0 fully saturated rings. The van der Waals surface area contributed by atoms with E-state index < -0.39 is 0 Å². The molecular formula is C17H13BrN6. The maximum Gasteiger partial charge on any atom is 0.249 e. The molecule has 1 heterocycles. The molecule has 1 aromatic heterocycles. The largest absolute Gasteiger partial charge is 0.339 e. The van der Waals surface area contributed by atoms with Crippen molar-refractivity contribution >= 4 is 39.1 Å². The third-order valence-electron chi connectivity index (χ3n) is 3.19. The smallest absolute Gasteiger partial charge is 0.249 e. The summed E-state index contributed by atoms with van der Waals surface area (Å²) < 4.78 is 0.922. The molecule has 0 amide bonds. The number of nitrogens with zero attached hydrogens (tertiary/aromatic N) is 4. The zero-order chi connectivity index (χ0) is 16.9. The molecule has 0 atom stereocenters. The summed E-state index contributed by atoms with van der Waals surface area (Å²) in [6.07, 6.45) is 1.52. The normalized spacial score (nSPS) is 10.0. The van der Waals surface area contributed by atoms with Crippen molar-refractivity contribution in [1.29, 1.82) is 5.26 Å². The predicted octanol–water partition coefficient (Wildman–Crippen LogP) is 4.30. The summed E-state index contributed by atoms with van der Waals surface area (Å²) in [6.45, 7) is 2.02. The van der Waals surface area contributed by atoms with E-state index in [1.807, 2.05) is 31.2 Å². The van der Waals surface area contributed by atoms with Crippen LogP contribution < -0.4 is 10.6 Å². The second-order valence-electron chi connectivity index (χ2n) is 5.09. The van der Waals surface area contributed by atoms with E-state index in [0.717, 1.165) is 21.4 Å². The average Bonchev–Trinajstić information content (AvgIpc) is 2.58. The molecule has 0 unspecified atom stereocenters. The number of hydrogen-bond donors (Lipinski definition) is 2. The van der Waals surface area contributed by atoms with Crippen LogP contribution in [-0.2, 0) is 0 Å². The summed E-state index contributed by atoms with van der Waals surface area (Å²) in [5.41, 5.74) is 3.34. The van der Waals surface area contributed by atoms with Crippen LogP contribution in [0.25, 0.3) is 0 Å². The van der Waals surface area contributed by atoms with Gasteiger partial charge < -0.3 is 10.6 Å². The van der Waals surface area contributed by atoms with E-state index in [-0.39, 0.29) is 0 Å². The Morgan fingerprint density at radius 3 is 2.79 bits per heavy atom. The second-order valence-corrected chi connectivity index (χ2v) is 5.95. The Morgan fingerprint density at radius 1 is 1.12 bits per heavy atom. The van der Waals surface area contributed by atoms with Crippen LogP contribution in [0.4, 0.5) is 23.1 Å². The number of halogens is 1. The lowest BCUT2D eigenvalue weighted by atomic mass is 10.2. The van der Waals surface area contributed by atoms with Crippen molar-refractivity contribution in [3.8, 4) is 6.07 Å². The van der Waals surface area contributed by atoms with Gasteiger partial charge in [-0.2, -0.15) is 15.3 Å². The van der Waals surface area contributed by atoms with Gasteiger partial charge in [-0.05, 0) is 58.7 Å². The SMILES string of the molecule is Cc1ccc(Nc2nncc(Nc3cccc(C#N)c3)n2)c(Br)c1. The zero-order valence-electron chi connectivity index (χ0n) is 12.8. The Hall–Kier alpha value is -2.98. The summed E-state index contributed by atoms with van der Waals surface area (Å²) in [5.74, 6) is 0.909. The van der Waals surface area contributed by atoms with E-state index in [1.165, 1.54) is 6.20 Å². The molecule has 2 N–H and O–H groups in total. The molecule has 0 spiro atoms. The number of anilines is 4. The maximum absolute atomic E-state index is 8.95. The topological polar surface area (TPSA) is 86.5 Å². The number of benzene rings is 2. The highest BCUT2D eigenvalue weighted by atomic mass is 79.9. The number of nitrogens with one attached hydrogen (secondary N) is 2. The minimum absolute atomic E-state index is 0.376. The van der Waals surface area contributed by atoms with Crippen LogP contribution in [0.3, 0.4) is 0 Å². The van der Waals surface area contributed by atoms with Crippen molar-refractivity contribution in [2.75, 3.05) is 10.6 Å². The number of aryl methyl sites for hydroxylation is 1. The quantitative estimate of drug-likeness (QED) is 0.701. The van der Waals surface area contributed by atoms with Gasteiger partial charge in [-0.15, -0.1) is 5.10 Å². The lowest BCUT2D eigenvalue weighted by Gasteiger charge is -2.09. The number of hydrogen-bond acceptors (Lipinski definition) is 6. The van der Waals surface area contributed by atoms with Crippen LogP contribution in [0.5, 0.6) is 0 Å². The fourth-order valence-electron chi connectivity index (χ4n) is 2.07. The summed E-state index contributed by atoms with van der Waals surface area (Å²) >= 11 is 3.51. The number of nitriles is 1. The van der Waals surface area contributed by atoms with Crippen LogP contribution >= 0.6 is 15.9 Å². The molecule has 0 radical (unpaired) electrons. The molecule has 3 rings (SSSR count). The molecule has 7 heteroatoms. The van der Waals surface area contributed by atoms with Crippen LogP contribution in [0.2, 0.25) is 0 Å². The lowest BCUT2D eigenvalue weighted by Crippen LogP contribution is -2.03. The predicted molar refractivity (Wildman–Crippen MR) is 96.4 cm³/mol. The van der Waals surface area contributed by atoms with Gasteiger partial charge in [-0.3, -0.25) is 0 Å². The molecule has 0 bridgehead atoms. The molecule has 0 aliphatic rings. The lowest BCUT2D eigenvalue weighted by molar-refractivity contribution is 0.982. The minimum atomic E-state index is 0.376. The monoisotopic (exact) mass is 380 g/mol. The van der Waals surface area contributed by atoms with E-state index in [0.29, 0.717) is 17.3 Å². The van der Waals surface area contributed by atoms with Crippen molar-refractivity contribution < 1.29 is 0 Å². The highest BCUT2D eigenvalue weighted by Gasteiger charge is 2.05. The molecule has 118 valence electrons. The standard InChI is InChI=1S/C17H13BrN6/c1-11-5-6-15(14(18)7-11)22-17-23-16(10-20-24-17)21-13-4-2-3-12(8-13)9-19/h2-8,10H,1H3,(H2,21,22,23,24). The van der Waals surface area contributed by atoms with E-state index >= 15 is 0 Å². The average molecular weight is 381 g/mol. The van der Waals surface area contributed by atoms with Crippen molar-refractivity contribution in [3.05, 3.63) is 64.3 Å². The number of aromatic nitrogens is 3. The first-order valence-corrected chi connectivity index (χ1v) is 7.93. The van der Waals surface area contributed by atoms with Gasteiger partial charge in [0, 0.05) is 10.2 Å². The minimum Gasteiger partial charge on any atom is -0.339 e. The van der Waals surface area contributed by atoms with Crippen molar-refractivity contribution in [1.82, 2.24) is 15.2 Å². The van der Waals surface area contributed by atoms with Crippen molar-refractivity contribution in [3.63, 3.8) is 0 Å². The van der Waals surface area contributed by atoms with Gasteiger partial charge in [0.05, 0.1) is 23.5 Å². The first-order valence-electron chi connectivity index (χ1n) is 7.14.